The summed E-state index contributed by atoms with van der Waals surface area (Å²) in [6.07, 6.45) is 10.1. The zero-order chi connectivity index (χ0) is 25.2. The van der Waals surface area contributed by atoms with Crippen molar-refractivity contribution in [1.29, 1.82) is 0 Å². The summed E-state index contributed by atoms with van der Waals surface area (Å²) in [6.45, 7) is 7.60. The van der Waals surface area contributed by atoms with Gasteiger partial charge in [-0.3, -0.25) is 4.79 Å². The number of hydrogen-bond acceptors (Lipinski definition) is 9. The summed E-state index contributed by atoms with van der Waals surface area (Å²) in [5.74, 6) is 1.32. The number of rotatable bonds is 8. The topological polar surface area (TPSA) is 107 Å². The average Bonchev–Trinajstić information content (AvgIpc) is 3.63. The number of carbonyl (C=O) groups excluding carboxylic acids is 1. The summed E-state index contributed by atoms with van der Waals surface area (Å²) in [4.78, 5) is 29.6. The van der Waals surface area contributed by atoms with Crippen LogP contribution in [0.5, 0.6) is 0 Å². The number of pyridine rings is 1. The Bertz CT molecular complexity index is 1080. The van der Waals surface area contributed by atoms with Crippen molar-refractivity contribution >= 4 is 35.3 Å². The molecule has 1 amide bonds. The molecule has 194 valence electrons. The Labute approximate surface area is 217 Å². The minimum absolute atomic E-state index is 0.0457. The molecular formula is C26H37N7O2S. The summed E-state index contributed by atoms with van der Waals surface area (Å²) < 4.78 is 2.34. The molecule has 1 spiro atoms. The zero-order valence-corrected chi connectivity index (χ0v) is 22.1. The fourth-order valence-electron chi connectivity index (χ4n) is 4.88. The number of nitrogens with zero attached hydrogens (tertiary/aromatic N) is 5. The molecule has 0 bridgehead atoms. The van der Waals surface area contributed by atoms with Gasteiger partial charge in [-0.05, 0) is 81.9 Å². The van der Waals surface area contributed by atoms with E-state index >= 15 is 0 Å². The molecule has 3 fully saturated rings. The van der Waals surface area contributed by atoms with Gasteiger partial charge in [0.25, 0.3) is 5.91 Å². The van der Waals surface area contributed by atoms with E-state index in [0.717, 1.165) is 44.0 Å². The first-order valence-corrected chi connectivity index (χ1v) is 13.8. The number of hydrogen-bond donors (Lipinski definition) is 3. The molecule has 36 heavy (non-hydrogen) atoms. The molecule has 4 heterocycles. The van der Waals surface area contributed by atoms with Gasteiger partial charge in [0, 0.05) is 26.2 Å². The van der Waals surface area contributed by atoms with Crippen LogP contribution in [0.25, 0.3) is 0 Å². The Kier molecular flexibility index (Phi) is 7.37. The monoisotopic (exact) mass is 511 g/mol. The lowest BCUT2D eigenvalue weighted by atomic mass is 9.93. The lowest BCUT2D eigenvalue weighted by Gasteiger charge is -2.34. The predicted octanol–water partition coefficient (Wildman–Crippen LogP) is 4.18. The summed E-state index contributed by atoms with van der Waals surface area (Å²) in [5, 5.41) is 16.7. The highest BCUT2D eigenvalue weighted by Gasteiger charge is 2.45. The largest absolute Gasteiger partial charge is 0.394 e. The molecule has 3 aliphatic rings. The normalized spacial score (nSPS) is 19.8. The van der Waals surface area contributed by atoms with E-state index in [2.05, 4.69) is 29.8 Å². The Morgan fingerprint density at radius 2 is 1.81 bits per heavy atom. The maximum Gasteiger partial charge on any atom is 0.279 e. The van der Waals surface area contributed by atoms with Crippen LogP contribution in [0, 0.1) is 5.41 Å². The molecule has 9 nitrogen and oxygen atoms in total. The van der Waals surface area contributed by atoms with Gasteiger partial charge in [-0.2, -0.15) is 0 Å². The van der Waals surface area contributed by atoms with Crippen LogP contribution in [0.2, 0.25) is 0 Å². The van der Waals surface area contributed by atoms with Crippen molar-refractivity contribution in [3.63, 3.8) is 0 Å². The molecule has 0 radical (unpaired) electrons. The van der Waals surface area contributed by atoms with Gasteiger partial charge in [0.15, 0.2) is 11.5 Å². The van der Waals surface area contributed by atoms with Gasteiger partial charge in [0.2, 0.25) is 0 Å². The van der Waals surface area contributed by atoms with E-state index in [4.69, 9.17) is 4.98 Å². The maximum atomic E-state index is 13.4. The van der Waals surface area contributed by atoms with Gasteiger partial charge in [-0.1, -0.05) is 12.5 Å². The van der Waals surface area contributed by atoms with Gasteiger partial charge in [-0.25, -0.2) is 19.3 Å². The average molecular weight is 512 g/mol. The molecule has 2 aliphatic heterocycles. The van der Waals surface area contributed by atoms with Crippen molar-refractivity contribution < 1.29 is 9.90 Å². The molecule has 0 atom stereocenters. The standard InChI is InChI=1S/C26H37N7O2S/c1-25(2,18-34)31-20-17-27-22(23(29-20)32-15-11-26(9-10-26)12-16-32)24(35)30-19-7-6-8-21(28-19)36-33-13-4-3-5-14-33/h6-8,17,34H,3-5,9-16,18H2,1-2H3,(H,29,31)(H,28,30,35). The van der Waals surface area contributed by atoms with E-state index < -0.39 is 5.54 Å². The van der Waals surface area contributed by atoms with Crippen LogP contribution in [0.4, 0.5) is 17.5 Å². The first-order valence-electron chi connectivity index (χ1n) is 13.1. The van der Waals surface area contributed by atoms with Crippen molar-refractivity contribution in [2.24, 2.45) is 5.41 Å². The first kappa shape index (κ1) is 25.2. The van der Waals surface area contributed by atoms with Gasteiger partial charge >= 0.3 is 0 Å². The lowest BCUT2D eigenvalue weighted by Crippen LogP contribution is -2.38. The molecule has 1 saturated carbocycles. The number of amides is 1. The van der Waals surface area contributed by atoms with Gasteiger partial charge in [0.05, 0.1) is 18.3 Å². The first-order chi connectivity index (χ1) is 17.3. The van der Waals surface area contributed by atoms with Crippen LogP contribution < -0.4 is 15.5 Å². The maximum absolute atomic E-state index is 13.4. The minimum atomic E-state index is -0.550. The highest BCUT2D eigenvalue weighted by atomic mass is 32.2. The fraction of sp³-hybridized carbons (Fsp3) is 0.615. The second kappa shape index (κ2) is 10.5. The number of piperidine rings is 2. The summed E-state index contributed by atoms with van der Waals surface area (Å²) in [5.41, 5.74) is 0.258. The Morgan fingerprint density at radius 3 is 2.50 bits per heavy atom. The highest BCUT2D eigenvalue weighted by Crippen LogP contribution is 2.54. The van der Waals surface area contributed by atoms with Crippen molar-refractivity contribution in [3.05, 3.63) is 30.1 Å². The number of aliphatic hydroxyl groups excluding tert-OH is 1. The Morgan fingerprint density at radius 1 is 1.06 bits per heavy atom. The van der Waals surface area contributed by atoms with E-state index in [1.54, 1.807) is 18.1 Å². The number of aliphatic hydroxyl groups is 1. The minimum Gasteiger partial charge on any atom is -0.394 e. The molecule has 1 aliphatic carbocycles. The lowest BCUT2D eigenvalue weighted by molar-refractivity contribution is 0.102. The van der Waals surface area contributed by atoms with Crippen molar-refractivity contribution in [1.82, 2.24) is 19.3 Å². The SMILES string of the molecule is CC(C)(CO)Nc1cnc(C(=O)Nc2cccc(SN3CCCCC3)n2)c(N2CCC3(CC2)CC3)n1. The van der Waals surface area contributed by atoms with Gasteiger partial charge < -0.3 is 20.6 Å². The molecule has 10 heteroatoms. The third kappa shape index (κ3) is 6.10. The van der Waals surface area contributed by atoms with E-state index in [0.29, 0.717) is 28.6 Å². The summed E-state index contributed by atoms with van der Waals surface area (Å²) in [6, 6.07) is 5.71. The molecule has 2 aromatic heterocycles. The van der Waals surface area contributed by atoms with Crippen molar-refractivity contribution in [2.75, 3.05) is 48.3 Å². The van der Waals surface area contributed by atoms with Crippen molar-refractivity contribution in [3.8, 4) is 0 Å². The number of aromatic nitrogens is 3. The van der Waals surface area contributed by atoms with E-state index in [-0.39, 0.29) is 12.5 Å². The number of nitrogens with one attached hydrogen (secondary N) is 2. The van der Waals surface area contributed by atoms with Gasteiger partial charge in [-0.15, -0.1) is 0 Å². The second-order valence-electron chi connectivity index (χ2n) is 11.0. The zero-order valence-electron chi connectivity index (χ0n) is 21.3. The molecule has 3 N–H and O–H groups in total. The van der Waals surface area contributed by atoms with E-state index in [9.17, 15) is 9.90 Å². The van der Waals surface area contributed by atoms with E-state index in [1.807, 2.05) is 32.0 Å². The van der Waals surface area contributed by atoms with Crippen LogP contribution in [0.1, 0.15) is 69.3 Å². The molecular weight excluding hydrogens is 474 g/mol. The van der Waals surface area contributed by atoms with Crippen LogP contribution >= 0.6 is 11.9 Å². The second-order valence-corrected chi connectivity index (χ2v) is 12.1. The molecule has 0 unspecified atom stereocenters. The third-order valence-electron chi connectivity index (χ3n) is 7.41. The van der Waals surface area contributed by atoms with Crippen LogP contribution in [0.15, 0.2) is 29.4 Å². The Balaban J connectivity index is 1.34. The molecule has 0 aromatic carbocycles. The van der Waals surface area contributed by atoms with Crippen molar-refractivity contribution in [2.45, 2.75) is 69.4 Å². The summed E-state index contributed by atoms with van der Waals surface area (Å²) in [7, 11) is 0. The predicted molar refractivity (Wildman–Crippen MR) is 143 cm³/mol. The smallest absolute Gasteiger partial charge is 0.279 e. The van der Waals surface area contributed by atoms with Crippen LogP contribution in [-0.2, 0) is 0 Å². The van der Waals surface area contributed by atoms with Crippen LogP contribution in [-0.4, -0.2) is 68.6 Å². The molecule has 5 rings (SSSR count). The Hall–Kier alpha value is -2.43. The molecule has 2 aromatic rings. The fourth-order valence-corrected chi connectivity index (χ4v) is 5.86. The highest BCUT2D eigenvalue weighted by molar-refractivity contribution is 7.97. The number of carbonyl (C=O) groups is 1. The number of anilines is 3. The van der Waals surface area contributed by atoms with Gasteiger partial charge in [0.1, 0.15) is 16.7 Å². The third-order valence-corrected chi connectivity index (χ3v) is 8.45. The van der Waals surface area contributed by atoms with Crippen LogP contribution in [0.3, 0.4) is 0 Å². The quantitative estimate of drug-likeness (QED) is 0.450. The van der Waals surface area contributed by atoms with E-state index in [1.165, 1.54) is 32.1 Å². The molecule has 2 saturated heterocycles. The summed E-state index contributed by atoms with van der Waals surface area (Å²) >= 11 is 1.65.